The number of rotatable bonds is 4. The van der Waals surface area contributed by atoms with Crippen molar-refractivity contribution in [2.75, 3.05) is 9.96 Å². The van der Waals surface area contributed by atoms with E-state index in [-0.39, 0.29) is 11.6 Å². The quantitative estimate of drug-likeness (QED) is 0.354. The number of non-ortho nitro benzene ring substituents is 1. The van der Waals surface area contributed by atoms with Crippen molar-refractivity contribution in [1.29, 1.82) is 0 Å². The van der Waals surface area contributed by atoms with Crippen molar-refractivity contribution >= 4 is 28.9 Å². The molecule has 0 unspecified atom stereocenters. The summed E-state index contributed by atoms with van der Waals surface area (Å²) in [5, 5.41) is 12.9. The van der Waals surface area contributed by atoms with Crippen LogP contribution in [0.4, 0.5) is 17.1 Å². The van der Waals surface area contributed by atoms with E-state index in [9.17, 15) is 19.7 Å². The molecule has 0 N–H and O–H groups in total. The summed E-state index contributed by atoms with van der Waals surface area (Å²) in [6.45, 7) is 1.88. The van der Waals surface area contributed by atoms with Crippen molar-refractivity contribution in [1.82, 2.24) is 0 Å². The first kappa shape index (κ1) is 19.9. The maximum Gasteiger partial charge on any atom is 0.269 e. The highest BCUT2D eigenvalue weighted by atomic mass is 16.7. The number of carbonyl (C=O) groups is 2. The molecule has 160 valence electrons. The molecule has 3 aromatic rings. The highest BCUT2D eigenvalue weighted by Gasteiger charge is 2.60. The van der Waals surface area contributed by atoms with E-state index in [0.717, 1.165) is 10.5 Å². The molecule has 0 bridgehead atoms. The number of amides is 2. The number of aryl methyl sites for hydroxylation is 1. The molecule has 0 aromatic heterocycles. The number of para-hydroxylation sites is 1. The van der Waals surface area contributed by atoms with Gasteiger partial charge in [0.15, 0.2) is 6.10 Å². The van der Waals surface area contributed by atoms with Gasteiger partial charge < -0.3 is 0 Å². The van der Waals surface area contributed by atoms with Gasteiger partial charge in [0.2, 0.25) is 5.91 Å². The number of hydrogen-bond donors (Lipinski definition) is 0. The average Bonchev–Trinajstić information content (AvgIpc) is 3.30. The summed E-state index contributed by atoms with van der Waals surface area (Å²) in [7, 11) is 0. The van der Waals surface area contributed by atoms with Gasteiger partial charge >= 0.3 is 0 Å². The lowest BCUT2D eigenvalue weighted by atomic mass is 9.90. The van der Waals surface area contributed by atoms with Crippen LogP contribution in [0.15, 0.2) is 78.9 Å². The number of imide groups is 1. The van der Waals surface area contributed by atoms with Crippen LogP contribution in [0.25, 0.3) is 0 Å². The maximum atomic E-state index is 13.6. The van der Waals surface area contributed by atoms with Crippen LogP contribution >= 0.6 is 0 Å². The zero-order valence-corrected chi connectivity index (χ0v) is 17.1. The summed E-state index contributed by atoms with van der Waals surface area (Å²) in [6, 6.07) is 21.7. The first-order valence-corrected chi connectivity index (χ1v) is 10.2. The van der Waals surface area contributed by atoms with Crippen LogP contribution in [0.3, 0.4) is 0 Å². The number of carbonyl (C=O) groups excluding carboxylic acids is 2. The number of nitro groups is 1. The summed E-state index contributed by atoms with van der Waals surface area (Å²) >= 11 is 0. The fraction of sp³-hybridized carbons (Fsp3) is 0.167. The number of anilines is 2. The monoisotopic (exact) mass is 429 g/mol. The molecule has 2 aliphatic rings. The van der Waals surface area contributed by atoms with E-state index in [2.05, 4.69) is 0 Å². The fourth-order valence-electron chi connectivity index (χ4n) is 4.40. The van der Waals surface area contributed by atoms with Crippen LogP contribution in [-0.2, 0) is 14.4 Å². The molecule has 3 atom stereocenters. The highest BCUT2D eigenvalue weighted by Crippen LogP contribution is 2.47. The second-order valence-corrected chi connectivity index (χ2v) is 7.86. The number of nitrogens with zero attached hydrogens (tertiary/aromatic N) is 3. The molecule has 2 aliphatic heterocycles. The summed E-state index contributed by atoms with van der Waals surface area (Å²) < 4.78 is 0. The Morgan fingerprint density at radius 3 is 2.31 bits per heavy atom. The van der Waals surface area contributed by atoms with E-state index in [1.54, 1.807) is 42.5 Å². The second kappa shape index (κ2) is 7.58. The Morgan fingerprint density at radius 1 is 0.875 bits per heavy atom. The molecule has 32 heavy (non-hydrogen) atoms. The normalized spacial score (nSPS) is 22.3. The molecule has 2 fully saturated rings. The van der Waals surface area contributed by atoms with E-state index in [1.165, 1.54) is 17.2 Å². The number of hydrogen-bond acceptors (Lipinski definition) is 6. The Labute approximate surface area is 183 Å². The first-order valence-electron chi connectivity index (χ1n) is 10.2. The van der Waals surface area contributed by atoms with Gasteiger partial charge in [-0.25, -0.2) is 9.96 Å². The number of fused-ring (bicyclic) bond motifs is 1. The minimum atomic E-state index is -1.02. The van der Waals surface area contributed by atoms with E-state index >= 15 is 0 Å². The molecule has 5 rings (SSSR count). The SMILES string of the molecule is Cc1cccc(N2C(=O)[C@@H]3[C@@H](c4cccc([N+](=O)[O-])c4)N(c4ccccc4)O[C@H]3C2=O)c1. The summed E-state index contributed by atoms with van der Waals surface area (Å²) in [4.78, 5) is 44.9. The Balaban J connectivity index is 1.61. The molecule has 8 nitrogen and oxygen atoms in total. The van der Waals surface area contributed by atoms with Gasteiger partial charge in [0.25, 0.3) is 11.6 Å². The molecular weight excluding hydrogens is 410 g/mol. The summed E-state index contributed by atoms with van der Waals surface area (Å²) in [5.74, 6) is -1.68. The van der Waals surface area contributed by atoms with Gasteiger partial charge in [-0.05, 0) is 42.3 Å². The van der Waals surface area contributed by atoms with Gasteiger partial charge in [0.05, 0.1) is 22.3 Å². The van der Waals surface area contributed by atoms with Crippen molar-refractivity contribution in [2.24, 2.45) is 5.92 Å². The second-order valence-electron chi connectivity index (χ2n) is 7.86. The average molecular weight is 429 g/mol. The van der Waals surface area contributed by atoms with Crippen molar-refractivity contribution in [3.63, 3.8) is 0 Å². The van der Waals surface area contributed by atoms with E-state index < -0.39 is 28.9 Å². The van der Waals surface area contributed by atoms with Crippen LogP contribution in [-0.4, -0.2) is 22.8 Å². The minimum absolute atomic E-state index is 0.0914. The lowest BCUT2D eigenvalue weighted by molar-refractivity contribution is -0.384. The largest absolute Gasteiger partial charge is 0.273 e. The van der Waals surface area contributed by atoms with Gasteiger partial charge in [0, 0.05) is 12.1 Å². The van der Waals surface area contributed by atoms with E-state index in [0.29, 0.717) is 16.9 Å². The van der Waals surface area contributed by atoms with Gasteiger partial charge in [-0.3, -0.25) is 24.5 Å². The van der Waals surface area contributed by atoms with Crippen molar-refractivity contribution in [3.8, 4) is 0 Å². The Hall–Kier alpha value is -4.04. The van der Waals surface area contributed by atoms with Crippen molar-refractivity contribution in [3.05, 3.63) is 100 Å². The molecule has 0 spiro atoms. The Morgan fingerprint density at radius 2 is 1.59 bits per heavy atom. The zero-order chi connectivity index (χ0) is 22.4. The topological polar surface area (TPSA) is 93.0 Å². The Kier molecular flexibility index (Phi) is 4.71. The zero-order valence-electron chi connectivity index (χ0n) is 17.1. The minimum Gasteiger partial charge on any atom is -0.273 e. The number of hydroxylamine groups is 1. The predicted octanol–water partition coefficient (Wildman–Crippen LogP) is 3.95. The molecule has 3 aromatic carbocycles. The third-order valence-electron chi connectivity index (χ3n) is 5.81. The van der Waals surface area contributed by atoms with Gasteiger partial charge in [-0.1, -0.05) is 42.5 Å². The Bertz CT molecular complexity index is 1230. The molecule has 0 radical (unpaired) electrons. The smallest absolute Gasteiger partial charge is 0.269 e. The lowest BCUT2D eigenvalue weighted by Crippen LogP contribution is -2.37. The molecule has 2 heterocycles. The molecule has 8 heteroatoms. The lowest BCUT2D eigenvalue weighted by Gasteiger charge is -2.28. The first-order chi connectivity index (χ1) is 15.5. The van der Waals surface area contributed by atoms with Gasteiger partial charge in [-0.2, -0.15) is 0 Å². The van der Waals surface area contributed by atoms with Gasteiger partial charge in [0.1, 0.15) is 5.92 Å². The maximum absolute atomic E-state index is 13.6. The van der Waals surface area contributed by atoms with Crippen LogP contribution < -0.4 is 9.96 Å². The fourth-order valence-corrected chi connectivity index (χ4v) is 4.40. The van der Waals surface area contributed by atoms with E-state index in [1.807, 2.05) is 31.2 Å². The van der Waals surface area contributed by atoms with Crippen LogP contribution in [0.2, 0.25) is 0 Å². The van der Waals surface area contributed by atoms with Crippen LogP contribution in [0, 0.1) is 23.0 Å². The standard InChI is InChI=1S/C24H19N3O5/c1-15-7-5-11-18(13-15)25-23(28)20-21(16-8-6-12-19(14-16)27(30)31)26(32-22(20)24(25)29)17-9-3-2-4-10-17/h2-14,20-22H,1H3/t20-,21-,22-/m1/s1. The number of benzene rings is 3. The van der Waals surface area contributed by atoms with Crippen molar-refractivity contribution < 1.29 is 19.3 Å². The predicted molar refractivity (Wildman–Crippen MR) is 117 cm³/mol. The molecule has 0 aliphatic carbocycles. The molecule has 2 amide bonds. The third kappa shape index (κ3) is 3.12. The third-order valence-corrected chi connectivity index (χ3v) is 5.81. The van der Waals surface area contributed by atoms with Crippen LogP contribution in [0.5, 0.6) is 0 Å². The van der Waals surface area contributed by atoms with Crippen molar-refractivity contribution in [2.45, 2.75) is 19.1 Å². The molecule has 0 saturated carbocycles. The van der Waals surface area contributed by atoms with Gasteiger partial charge in [-0.15, -0.1) is 0 Å². The summed E-state index contributed by atoms with van der Waals surface area (Å²) in [6.07, 6.45) is -1.02. The molecular formula is C24H19N3O5. The summed E-state index contributed by atoms with van der Waals surface area (Å²) in [5.41, 5.74) is 2.50. The highest BCUT2D eigenvalue weighted by molar-refractivity contribution is 6.24. The number of nitro benzene ring substituents is 1. The van der Waals surface area contributed by atoms with E-state index in [4.69, 9.17) is 4.84 Å². The molecule has 2 saturated heterocycles. The van der Waals surface area contributed by atoms with Crippen LogP contribution in [0.1, 0.15) is 17.2 Å².